The molecule has 1 aromatic carbocycles. The number of carbonyl (C=O) groups is 4. The summed E-state index contributed by atoms with van der Waals surface area (Å²) in [5, 5.41) is 5.69. The highest BCUT2D eigenvalue weighted by molar-refractivity contribution is 6.23. The van der Waals surface area contributed by atoms with E-state index < -0.39 is 11.8 Å². The van der Waals surface area contributed by atoms with Crippen molar-refractivity contribution in [3.05, 3.63) is 41.1 Å². The molecule has 1 aliphatic heterocycles. The molecular weight excluding hydrogens is 322 g/mol. The molecule has 1 aliphatic rings. The first-order chi connectivity index (χ1) is 12.0. The summed E-state index contributed by atoms with van der Waals surface area (Å²) in [5.41, 5.74) is 3.15. The highest BCUT2D eigenvalue weighted by Crippen LogP contribution is 2.29. The number of amides is 3. The molecule has 0 bridgehead atoms. The van der Waals surface area contributed by atoms with Crippen molar-refractivity contribution >= 4 is 34.9 Å². The van der Waals surface area contributed by atoms with Crippen LogP contribution in [0.4, 0.5) is 0 Å². The fourth-order valence-electron chi connectivity index (χ4n) is 3.02. The first kappa shape index (κ1) is 16.8. The third kappa shape index (κ3) is 3.55. The summed E-state index contributed by atoms with van der Waals surface area (Å²) in [6, 6.07) is 7.43. The largest absolute Gasteiger partial charge is 0.346 e. The Kier molecular flexibility index (Phi) is 4.56. The molecule has 0 radical (unpaired) electrons. The molecular formula is C18H17N3O4. The van der Waals surface area contributed by atoms with Crippen molar-refractivity contribution in [1.29, 1.82) is 0 Å². The van der Waals surface area contributed by atoms with E-state index in [1.165, 1.54) is 0 Å². The number of imide groups is 1. The Morgan fingerprint density at radius 3 is 2.88 bits per heavy atom. The third-order valence-corrected chi connectivity index (χ3v) is 4.30. The lowest BCUT2D eigenvalue weighted by Crippen LogP contribution is -2.39. The zero-order chi connectivity index (χ0) is 18.0. The summed E-state index contributed by atoms with van der Waals surface area (Å²) < 4.78 is 0. The van der Waals surface area contributed by atoms with Gasteiger partial charge in [0.15, 0.2) is 0 Å². The van der Waals surface area contributed by atoms with Crippen molar-refractivity contribution in [1.82, 2.24) is 15.6 Å². The molecule has 2 N–H and O–H groups in total. The number of nitrogens with one attached hydrogen (secondary N) is 2. The van der Waals surface area contributed by atoms with Crippen LogP contribution in [0.25, 0.3) is 10.9 Å². The van der Waals surface area contributed by atoms with Crippen LogP contribution in [-0.4, -0.2) is 29.0 Å². The van der Waals surface area contributed by atoms with Crippen LogP contribution in [0.3, 0.4) is 0 Å². The Bertz CT molecular complexity index is 891. The molecule has 3 amide bonds. The van der Waals surface area contributed by atoms with E-state index in [0.717, 1.165) is 27.7 Å². The number of benzene rings is 1. The van der Waals surface area contributed by atoms with Crippen LogP contribution in [0.1, 0.15) is 35.6 Å². The summed E-state index contributed by atoms with van der Waals surface area (Å²) >= 11 is 0. The normalized spacial score (nSPS) is 17.2. The zero-order valence-electron chi connectivity index (χ0n) is 13.7. The van der Waals surface area contributed by atoms with Gasteiger partial charge in [0.25, 0.3) is 5.91 Å². The third-order valence-electron chi connectivity index (χ3n) is 4.30. The molecule has 3 rings (SSSR count). The van der Waals surface area contributed by atoms with Crippen molar-refractivity contribution < 1.29 is 19.2 Å². The number of hydrogen-bond acceptors (Lipinski definition) is 5. The number of nitrogens with zero attached hydrogens (tertiary/aromatic N) is 1. The standard InChI is InChI=1S/C18H17N3O4/c1-10-14(13-3-5-16(23)21-18(13)25)7-12-6-11(2-4-15(12)20-10)8-19-17(24)9-22/h2,4,6-7,9,13H,3,5,8H2,1H3,(H,19,24)(H,21,23,25). The van der Waals surface area contributed by atoms with Crippen LogP contribution >= 0.6 is 0 Å². The maximum absolute atomic E-state index is 12.1. The summed E-state index contributed by atoms with van der Waals surface area (Å²) in [7, 11) is 0. The van der Waals surface area contributed by atoms with Gasteiger partial charge < -0.3 is 5.32 Å². The predicted molar refractivity (Wildman–Crippen MR) is 89.5 cm³/mol. The molecule has 2 heterocycles. The molecule has 1 fully saturated rings. The number of hydrogen-bond donors (Lipinski definition) is 2. The topological polar surface area (TPSA) is 105 Å². The van der Waals surface area contributed by atoms with Gasteiger partial charge in [0, 0.05) is 24.0 Å². The van der Waals surface area contributed by atoms with Gasteiger partial charge in [-0.3, -0.25) is 29.5 Å². The molecule has 7 nitrogen and oxygen atoms in total. The summed E-state index contributed by atoms with van der Waals surface area (Å²) in [6.45, 7) is 2.08. The molecule has 0 saturated carbocycles. The van der Waals surface area contributed by atoms with Gasteiger partial charge in [-0.1, -0.05) is 6.07 Å². The van der Waals surface area contributed by atoms with Crippen LogP contribution in [0, 0.1) is 6.92 Å². The minimum Gasteiger partial charge on any atom is -0.346 e. The lowest BCUT2D eigenvalue weighted by molar-refractivity contribution is -0.134. The van der Waals surface area contributed by atoms with Gasteiger partial charge >= 0.3 is 0 Å². The molecule has 25 heavy (non-hydrogen) atoms. The number of aldehydes is 1. The minimum atomic E-state index is -0.675. The fraction of sp³-hybridized carbons (Fsp3) is 0.278. The highest BCUT2D eigenvalue weighted by atomic mass is 16.2. The van der Waals surface area contributed by atoms with E-state index in [4.69, 9.17) is 0 Å². The smallest absolute Gasteiger partial charge is 0.284 e. The lowest BCUT2D eigenvalue weighted by Gasteiger charge is -2.22. The second-order valence-electron chi connectivity index (χ2n) is 6.03. The molecule has 7 heteroatoms. The van der Waals surface area contributed by atoms with Crippen molar-refractivity contribution in [2.45, 2.75) is 32.2 Å². The van der Waals surface area contributed by atoms with Crippen molar-refractivity contribution in [2.24, 2.45) is 0 Å². The highest BCUT2D eigenvalue weighted by Gasteiger charge is 2.29. The lowest BCUT2D eigenvalue weighted by atomic mass is 9.88. The monoisotopic (exact) mass is 339 g/mol. The van der Waals surface area contributed by atoms with Crippen LogP contribution < -0.4 is 10.6 Å². The average molecular weight is 339 g/mol. The van der Waals surface area contributed by atoms with Gasteiger partial charge in [0.1, 0.15) is 0 Å². The van der Waals surface area contributed by atoms with Crippen LogP contribution in [0.2, 0.25) is 0 Å². The Morgan fingerprint density at radius 1 is 1.36 bits per heavy atom. The Hall–Kier alpha value is -3.09. The Labute approximate surface area is 143 Å². The predicted octanol–water partition coefficient (Wildman–Crippen LogP) is 0.879. The van der Waals surface area contributed by atoms with Crippen molar-refractivity contribution in [3.8, 4) is 0 Å². The second kappa shape index (κ2) is 6.80. The Morgan fingerprint density at radius 2 is 2.16 bits per heavy atom. The molecule has 1 atom stereocenters. The van der Waals surface area contributed by atoms with E-state index in [-0.39, 0.29) is 24.6 Å². The number of pyridine rings is 1. The zero-order valence-corrected chi connectivity index (χ0v) is 13.7. The maximum atomic E-state index is 12.1. The molecule has 128 valence electrons. The quantitative estimate of drug-likeness (QED) is 0.489. The molecule has 0 aliphatic carbocycles. The van der Waals surface area contributed by atoms with E-state index in [1.54, 1.807) is 0 Å². The summed E-state index contributed by atoms with van der Waals surface area (Å²) in [6.07, 6.45) is 1.01. The van der Waals surface area contributed by atoms with Gasteiger partial charge in [-0.25, -0.2) is 0 Å². The summed E-state index contributed by atoms with van der Waals surface area (Å²) in [5.74, 6) is -1.62. The van der Waals surface area contributed by atoms with E-state index in [9.17, 15) is 19.2 Å². The number of piperidine rings is 1. The van der Waals surface area contributed by atoms with Crippen molar-refractivity contribution in [2.75, 3.05) is 0 Å². The molecule has 0 spiro atoms. The van der Waals surface area contributed by atoms with E-state index in [1.807, 2.05) is 31.2 Å². The first-order valence-electron chi connectivity index (χ1n) is 7.95. The van der Waals surface area contributed by atoms with E-state index >= 15 is 0 Å². The summed E-state index contributed by atoms with van der Waals surface area (Å²) in [4.78, 5) is 49.4. The molecule has 1 unspecified atom stereocenters. The van der Waals surface area contributed by atoms with Gasteiger partial charge in [-0.2, -0.15) is 0 Å². The SMILES string of the molecule is Cc1nc2ccc(CNC(=O)C=O)cc2cc1C1CCC(=O)NC1=O. The number of aryl methyl sites for hydroxylation is 1. The van der Waals surface area contributed by atoms with Crippen LogP contribution in [0.5, 0.6) is 0 Å². The molecule has 1 aromatic heterocycles. The van der Waals surface area contributed by atoms with Gasteiger partial charge in [0.2, 0.25) is 18.1 Å². The van der Waals surface area contributed by atoms with Crippen molar-refractivity contribution in [3.63, 3.8) is 0 Å². The van der Waals surface area contributed by atoms with Crippen LogP contribution in [-0.2, 0) is 25.7 Å². The van der Waals surface area contributed by atoms with Gasteiger partial charge in [-0.05, 0) is 42.7 Å². The molecule has 1 saturated heterocycles. The minimum absolute atomic E-state index is 0.229. The van der Waals surface area contributed by atoms with Gasteiger partial charge in [-0.15, -0.1) is 0 Å². The number of rotatable bonds is 4. The first-order valence-corrected chi connectivity index (χ1v) is 7.95. The van der Waals surface area contributed by atoms with E-state index in [2.05, 4.69) is 15.6 Å². The fourth-order valence-corrected chi connectivity index (χ4v) is 3.02. The van der Waals surface area contributed by atoms with Gasteiger partial charge in [0.05, 0.1) is 11.4 Å². The maximum Gasteiger partial charge on any atom is 0.284 e. The molecule has 2 aromatic rings. The number of fused-ring (bicyclic) bond motifs is 1. The second-order valence-corrected chi connectivity index (χ2v) is 6.03. The van der Waals surface area contributed by atoms with E-state index in [0.29, 0.717) is 12.8 Å². The van der Waals surface area contributed by atoms with Crippen LogP contribution in [0.15, 0.2) is 24.3 Å². The number of carbonyl (C=O) groups excluding carboxylic acids is 4. The number of aromatic nitrogens is 1. The average Bonchev–Trinajstić information content (AvgIpc) is 2.59. The Balaban J connectivity index is 1.93.